The van der Waals surface area contributed by atoms with E-state index < -0.39 is 10.0 Å². The highest BCUT2D eigenvalue weighted by Crippen LogP contribution is 2.29. The van der Waals surface area contributed by atoms with Crippen LogP contribution in [0.3, 0.4) is 0 Å². The topological polar surface area (TPSA) is 117 Å². The van der Waals surface area contributed by atoms with E-state index in [4.69, 9.17) is 0 Å². The number of aromatic nitrogens is 5. The lowest BCUT2D eigenvalue weighted by atomic mass is 10.3. The minimum absolute atomic E-state index is 0.129. The van der Waals surface area contributed by atoms with E-state index in [1.165, 1.54) is 15.6 Å². The summed E-state index contributed by atoms with van der Waals surface area (Å²) in [5.41, 5.74) is 0.557. The summed E-state index contributed by atoms with van der Waals surface area (Å²) in [6, 6.07) is 1.55. The maximum absolute atomic E-state index is 13.1. The van der Waals surface area contributed by atoms with E-state index >= 15 is 0 Å². The standard InChI is InChI=1S/C17H20N8O3S2/c26-17(16-13(3-10-29-16)30(27,28)24-4-1-2-5-24)23-8-6-22(7-9-23)15-12-18-11-14-19-20-21-25(14)15/h3,10-12H,1-2,4-9H2. The third-order valence-corrected chi connectivity index (χ3v) is 8.46. The first kappa shape index (κ1) is 19.3. The van der Waals surface area contributed by atoms with Gasteiger partial charge in [-0.15, -0.1) is 16.4 Å². The number of rotatable bonds is 4. The molecule has 2 saturated heterocycles. The third-order valence-electron chi connectivity index (χ3n) is 5.49. The van der Waals surface area contributed by atoms with Gasteiger partial charge in [0.2, 0.25) is 10.0 Å². The van der Waals surface area contributed by atoms with Crippen molar-refractivity contribution in [3.63, 3.8) is 0 Å². The molecule has 3 aromatic rings. The molecule has 0 aromatic carbocycles. The second kappa shape index (κ2) is 7.56. The Morgan fingerprint density at radius 3 is 2.57 bits per heavy atom. The number of hydrogen-bond acceptors (Lipinski definition) is 9. The number of hydrogen-bond donors (Lipinski definition) is 0. The fraction of sp³-hybridized carbons (Fsp3) is 0.471. The summed E-state index contributed by atoms with van der Waals surface area (Å²) in [5, 5.41) is 13.2. The lowest BCUT2D eigenvalue weighted by Gasteiger charge is -2.35. The molecular formula is C17H20N8O3S2. The Kier molecular flexibility index (Phi) is 4.87. The molecule has 1 amide bonds. The minimum Gasteiger partial charge on any atom is -0.352 e. The van der Waals surface area contributed by atoms with Gasteiger partial charge in [-0.05, 0) is 34.7 Å². The fourth-order valence-electron chi connectivity index (χ4n) is 3.88. The minimum atomic E-state index is -3.63. The number of piperazine rings is 1. The van der Waals surface area contributed by atoms with E-state index in [1.54, 1.807) is 33.3 Å². The van der Waals surface area contributed by atoms with Gasteiger partial charge in [0, 0.05) is 39.3 Å². The Bertz CT molecular complexity index is 1180. The lowest BCUT2D eigenvalue weighted by Crippen LogP contribution is -2.49. The average Bonchev–Trinajstić information content (AvgIpc) is 3.54. The molecule has 5 heterocycles. The summed E-state index contributed by atoms with van der Waals surface area (Å²) >= 11 is 1.19. The van der Waals surface area contributed by atoms with Gasteiger partial charge < -0.3 is 9.80 Å². The number of nitrogens with zero attached hydrogens (tertiary/aromatic N) is 8. The summed E-state index contributed by atoms with van der Waals surface area (Å²) in [4.78, 5) is 21.5. The van der Waals surface area contributed by atoms with Crippen molar-refractivity contribution in [3.05, 3.63) is 28.7 Å². The van der Waals surface area contributed by atoms with Gasteiger partial charge in [0.25, 0.3) is 5.91 Å². The molecular weight excluding hydrogens is 428 g/mol. The fourth-order valence-corrected chi connectivity index (χ4v) is 6.76. The van der Waals surface area contributed by atoms with E-state index in [0.717, 1.165) is 18.7 Å². The number of sulfonamides is 1. The van der Waals surface area contributed by atoms with Crippen molar-refractivity contribution in [2.75, 3.05) is 44.2 Å². The molecule has 2 fully saturated rings. The Labute approximate surface area is 177 Å². The molecule has 11 nitrogen and oxygen atoms in total. The normalized spacial score (nSPS) is 18.4. The quantitative estimate of drug-likeness (QED) is 0.560. The van der Waals surface area contributed by atoms with Gasteiger partial charge in [-0.1, -0.05) is 0 Å². The van der Waals surface area contributed by atoms with Crippen LogP contribution in [0.5, 0.6) is 0 Å². The summed E-state index contributed by atoms with van der Waals surface area (Å²) in [7, 11) is -3.63. The Morgan fingerprint density at radius 1 is 1.03 bits per heavy atom. The Morgan fingerprint density at radius 2 is 1.80 bits per heavy atom. The molecule has 0 spiro atoms. The molecule has 5 rings (SSSR count). The second-order valence-corrected chi connectivity index (χ2v) is 10.0. The van der Waals surface area contributed by atoms with Gasteiger partial charge in [-0.3, -0.25) is 9.78 Å². The van der Waals surface area contributed by atoms with Crippen molar-refractivity contribution >= 4 is 38.7 Å². The van der Waals surface area contributed by atoms with E-state index in [1.807, 2.05) is 0 Å². The van der Waals surface area contributed by atoms with E-state index in [-0.39, 0.29) is 10.8 Å². The van der Waals surface area contributed by atoms with Crippen LogP contribution in [-0.4, -0.2) is 87.8 Å². The first-order valence-corrected chi connectivity index (χ1v) is 12.0. The first-order chi connectivity index (χ1) is 14.6. The zero-order chi connectivity index (χ0) is 20.7. The van der Waals surface area contributed by atoms with E-state index in [2.05, 4.69) is 25.4 Å². The van der Waals surface area contributed by atoms with Crippen molar-refractivity contribution in [2.24, 2.45) is 0 Å². The first-order valence-electron chi connectivity index (χ1n) is 9.70. The van der Waals surface area contributed by atoms with Crippen molar-refractivity contribution in [1.82, 2.24) is 34.2 Å². The zero-order valence-corrected chi connectivity index (χ0v) is 17.7. The average molecular weight is 449 g/mol. The molecule has 0 atom stereocenters. The summed E-state index contributed by atoms with van der Waals surface area (Å²) in [5.74, 6) is 0.527. The molecule has 2 aliphatic rings. The van der Waals surface area contributed by atoms with Crippen LogP contribution >= 0.6 is 11.3 Å². The molecule has 30 heavy (non-hydrogen) atoms. The predicted molar refractivity (Wildman–Crippen MR) is 109 cm³/mol. The second-order valence-electron chi connectivity index (χ2n) is 7.22. The van der Waals surface area contributed by atoms with Crippen LogP contribution in [0, 0.1) is 0 Å². The summed E-state index contributed by atoms with van der Waals surface area (Å²) in [6.07, 6.45) is 5.00. The highest BCUT2D eigenvalue weighted by atomic mass is 32.2. The maximum atomic E-state index is 13.1. The maximum Gasteiger partial charge on any atom is 0.265 e. The summed E-state index contributed by atoms with van der Waals surface area (Å²) in [6.45, 7) is 3.12. The van der Waals surface area contributed by atoms with Crippen molar-refractivity contribution in [3.8, 4) is 0 Å². The molecule has 0 radical (unpaired) electrons. The van der Waals surface area contributed by atoms with Crippen molar-refractivity contribution in [1.29, 1.82) is 0 Å². The number of carbonyl (C=O) groups is 1. The van der Waals surface area contributed by atoms with Gasteiger partial charge in [-0.2, -0.15) is 8.82 Å². The summed E-state index contributed by atoms with van der Waals surface area (Å²) < 4.78 is 29.0. The lowest BCUT2D eigenvalue weighted by molar-refractivity contribution is 0.0747. The number of amides is 1. The molecule has 2 aliphatic heterocycles. The molecule has 0 aliphatic carbocycles. The van der Waals surface area contributed by atoms with Crippen LogP contribution in [0.4, 0.5) is 5.82 Å². The number of carbonyl (C=O) groups excluding carboxylic acids is 1. The van der Waals surface area contributed by atoms with Crippen LogP contribution in [0.15, 0.2) is 28.7 Å². The number of thiophene rings is 1. The van der Waals surface area contributed by atoms with Gasteiger partial charge in [0.1, 0.15) is 9.77 Å². The van der Waals surface area contributed by atoms with Crippen molar-refractivity contribution in [2.45, 2.75) is 17.7 Å². The van der Waals surface area contributed by atoms with Crippen LogP contribution < -0.4 is 4.90 Å². The predicted octanol–water partition coefficient (Wildman–Crippen LogP) is 0.328. The van der Waals surface area contributed by atoms with Crippen LogP contribution in [0.25, 0.3) is 5.65 Å². The van der Waals surface area contributed by atoms with Gasteiger partial charge in [0.05, 0.1) is 12.4 Å². The number of fused-ring (bicyclic) bond motifs is 1. The SMILES string of the molecule is O=C(c1sccc1S(=O)(=O)N1CCCC1)N1CCN(c2cncc3nnnn23)CC1. The molecule has 158 valence electrons. The highest BCUT2D eigenvalue weighted by molar-refractivity contribution is 7.89. The number of anilines is 1. The largest absolute Gasteiger partial charge is 0.352 e. The zero-order valence-electron chi connectivity index (χ0n) is 16.1. The van der Waals surface area contributed by atoms with Crippen molar-refractivity contribution < 1.29 is 13.2 Å². The van der Waals surface area contributed by atoms with E-state index in [0.29, 0.717) is 49.8 Å². The van der Waals surface area contributed by atoms with Gasteiger partial charge in [0.15, 0.2) is 11.5 Å². The Hall–Kier alpha value is -2.64. The smallest absolute Gasteiger partial charge is 0.265 e. The van der Waals surface area contributed by atoms with Crippen LogP contribution in [0.1, 0.15) is 22.5 Å². The molecule has 0 bridgehead atoms. The molecule has 0 saturated carbocycles. The van der Waals surface area contributed by atoms with Crippen LogP contribution in [0.2, 0.25) is 0 Å². The Balaban J connectivity index is 1.32. The monoisotopic (exact) mass is 448 g/mol. The molecule has 13 heteroatoms. The van der Waals surface area contributed by atoms with Crippen LogP contribution in [-0.2, 0) is 10.0 Å². The van der Waals surface area contributed by atoms with Gasteiger partial charge >= 0.3 is 0 Å². The molecule has 0 unspecified atom stereocenters. The molecule has 0 N–H and O–H groups in total. The van der Waals surface area contributed by atoms with E-state index in [9.17, 15) is 13.2 Å². The highest BCUT2D eigenvalue weighted by Gasteiger charge is 2.34. The molecule has 3 aromatic heterocycles. The number of tetrazole rings is 1. The van der Waals surface area contributed by atoms with Gasteiger partial charge in [-0.25, -0.2) is 8.42 Å². The third kappa shape index (κ3) is 3.22.